The minimum atomic E-state index is -0.0966. The van der Waals surface area contributed by atoms with E-state index in [9.17, 15) is 4.79 Å². The Morgan fingerprint density at radius 1 is 1.04 bits per heavy atom. The molecule has 1 aliphatic heterocycles. The molecule has 0 bridgehead atoms. The van der Waals surface area contributed by atoms with Crippen molar-refractivity contribution in [2.24, 2.45) is 0 Å². The quantitative estimate of drug-likeness (QED) is 0.774. The maximum absolute atomic E-state index is 12.1. The number of hydrogen-bond donors (Lipinski definition) is 2. The minimum Gasteiger partial charge on any atom is -0.369 e. The maximum Gasteiger partial charge on any atom is 0.315 e. The molecule has 5 nitrogen and oxygen atoms in total. The first-order chi connectivity index (χ1) is 13.6. The molecule has 0 saturated carbocycles. The summed E-state index contributed by atoms with van der Waals surface area (Å²) in [6.45, 7) is 10.0. The van der Waals surface area contributed by atoms with Crippen LogP contribution < -0.4 is 15.5 Å². The van der Waals surface area contributed by atoms with Gasteiger partial charge in [-0.2, -0.15) is 0 Å². The third-order valence-corrected chi connectivity index (χ3v) is 5.29. The Balaban J connectivity index is 1.33. The number of benzene rings is 2. The second kappa shape index (κ2) is 10.1. The molecule has 1 fully saturated rings. The van der Waals surface area contributed by atoms with Gasteiger partial charge in [0.05, 0.1) is 0 Å². The SMILES string of the molecule is Cc1cccc(N2CCN(CC[C@H](C)NC(=O)NCc3ccccc3)CC2)c1. The molecule has 3 rings (SSSR count). The van der Waals surface area contributed by atoms with Crippen molar-refractivity contribution < 1.29 is 4.79 Å². The Hall–Kier alpha value is -2.53. The van der Waals surface area contributed by atoms with E-state index in [0.29, 0.717) is 6.54 Å². The standard InChI is InChI=1S/C23H32N4O/c1-19-7-6-10-22(17-19)27-15-13-26(14-16-27)12-11-20(2)25-23(28)24-18-21-8-4-3-5-9-21/h3-10,17,20H,11-16,18H2,1-2H3,(H2,24,25,28)/t20-/m0/s1. The zero-order valence-electron chi connectivity index (χ0n) is 17.0. The van der Waals surface area contributed by atoms with Gasteiger partial charge in [0, 0.05) is 51.0 Å². The fraction of sp³-hybridized carbons (Fsp3) is 0.435. The highest BCUT2D eigenvalue weighted by atomic mass is 16.2. The third kappa shape index (κ3) is 6.27. The van der Waals surface area contributed by atoms with E-state index >= 15 is 0 Å². The molecule has 2 aromatic carbocycles. The number of aryl methyl sites for hydroxylation is 1. The molecule has 2 aromatic rings. The van der Waals surface area contributed by atoms with Gasteiger partial charge in [-0.05, 0) is 43.5 Å². The minimum absolute atomic E-state index is 0.0966. The molecular formula is C23H32N4O. The number of amides is 2. The second-order valence-corrected chi connectivity index (χ2v) is 7.67. The van der Waals surface area contributed by atoms with Gasteiger partial charge in [-0.1, -0.05) is 42.5 Å². The summed E-state index contributed by atoms with van der Waals surface area (Å²) in [7, 11) is 0. The van der Waals surface area contributed by atoms with E-state index in [0.717, 1.165) is 44.7 Å². The van der Waals surface area contributed by atoms with Crippen LogP contribution in [-0.4, -0.2) is 49.7 Å². The van der Waals surface area contributed by atoms with Crippen LogP contribution in [-0.2, 0) is 6.54 Å². The number of rotatable bonds is 7. The Labute approximate surface area is 168 Å². The van der Waals surface area contributed by atoms with E-state index in [1.165, 1.54) is 11.3 Å². The molecule has 0 radical (unpaired) electrons. The zero-order chi connectivity index (χ0) is 19.8. The lowest BCUT2D eigenvalue weighted by atomic mass is 10.1. The lowest BCUT2D eigenvalue weighted by Gasteiger charge is -2.36. The first-order valence-electron chi connectivity index (χ1n) is 10.2. The fourth-order valence-electron chi connectivity index (χ4n) is 3.56. The smallest absolute Gasteiger partial charge is 0.315 e. The van der Waals surface area contributed by atoms with Crippen LogP contribution >= 0.6 is 0 Å². The Kier molecular flexibility index (Phi) is 7.31. The van der Waals surface area contributed by atoms with Crippen molar-refractivity contribution >= 4 is 11.7 Å². The summed E-state index contributed by atoms with van der Waals surface area (Å²) >= 11 is 0. The Bertz CT molecular complexity index is 741. The van der Waals surface area contributed by atoms with Gasteiger partial charge in [0.25, 0.3) is 0 Å². The molecule has 0 aromatic heterocycles. The van der Waals surface area contributed by atoms with Crippen LogP contribution in [0.2, 0.25) is 0 Å². The monoisotopic (exact) mass is 380 g/mol. The summed E-state index contributed by atoms with van der Waals surface area (Å²) in [6, 6.07) is 18.8. The fourth-order valence-corrected chi connectivity index (χ4v) is 3.56. The predicted octanol–water partition coefficient (Wildman–Crippen LogP) is 3.40. The highest BCUT2D eigenvalue weighted by Crippen LogP contribution is 2.17. The van der Waals surface area contributed by atoms with Crippen LogP contribution in [0.4, 0.5) is 10.5 Å². The topological polar surface area (TPSA) is 47.6 Å². The van der Waals surface area contributed by atoms with Gasteiger partial charge >= 0.3 is 6.03 Å². The van der Waals surface area contributed by atoms with Crippen LogP contribution in [0.25, 0.3) is 0 Å². The number of piperazine rings is 1. The van der Waals surface area contributed by atoms with E-state index in [1.54, 1.807) is 0 Å². The van der Waals surface area contributed by atoms with Gasteiger partial charge in [0.1, 0.15) is 0 Å². The van der Waals surface area contributed by atoms with Crippen molar-refractivity contribution in [1.82, 2.24) is 15.5 Å². The van der Waals surface area contributed by atoms with Gasteiger partial charge in [0.15, 0.2) is 0 Å². The first-order valence-corrected chi connectivity index (χ1v) is 10.2. The molecule has 1 atom stereocenters. The number of anilines is 1. The van der Waals surface area contributed by atoms with E-state index in [4.69, 9.17) is 0 Å². The molecular weight excluding hydrogens is 348 g/mol. The lowest BCUT2D eigenvalue weighted by molar-refractivity contribution is 0.227. The van der Waals surface area contributed by atoms with Gasteiger partial charge in [-0.3, -0.25) is 4.90 Å². The lowest BCUT2D eigenvalue weighted by Crippen LogP contribution is -2.48. The summed E-state index contributed by atoms with van der Waals surface area (Å²) in [5.74, 6) is 0. The van der Waals surface area contributed by atoms with E-state index in [1.807, 2.05) is 30.3 Å². The number of hydrogen-bond acceptors (Lipinski definition) is 3. The van der Waals surface area contributed by atoms with Gasteiger partial charge in [0.2, 0.25) is 0 Å². The predicted molar refractivity (Wildman–Crippen MR) is 116 cm³/mol. The van der Waals surface area contributed by atoms with Gasteiger partial charge in [-0.15, -0.1) is 0 Å². The number of nitrogens with zero attached hydrogens (tertiary/aromatic N) is 2. The van der Waals surface area contributed by atoms with Gasteiger partial charge < -0.3 is 15.5 Å². The number of nitrogens with one attached hydrogen (secondary N) is 2. The first kappa shape index (κ1) is 20.2. The second-order valence-electron chi connectivity index (χ2n) is 7.67. The molecule has 28 heavy (non-hydrogen) atoms. The Morgan fingerprint density at radius 3 is 2.50 bits per heavy atom. The molecule has 1 saturated heterocycles. The number of urea groups is 1. The largest absolute Gasteiger partial charge is 0.369 e. The van der Waals surface area contributed by atoms with E-state index in [-0.39, 0.29) is 12.1 Å². The third-order valence-electron chi connectivity index (χ3n) is 5.29. The molecule has 2 N–H and O–H groups in total. The van der Waals surface area contributed by atoms with Crippen molar-refractivity contribution in [2.45, 2.75) is 32.9 Å². The average molecular weight is 381 g/mol. The van der Waals surface area contributed by atoms with Crippen LogP contribution in [0.1, 0.15) is 24.5 Å². The van der Waals surface area contributed by atoms with E-state index in [2.05, 4.69) is 58.5 Å². The van der Waals surface area contributed by atoms with Crippen LogP contribution in [0.5, 0.6) is 0 Å². The van der Waals surface area contributed by atoms with Crippen LogP contribution in [0.3, 0.4) is 0 Å². The Morgan fingerprint density at radius 2 is 1.79 bits per heavy atom. The van der Waals surface area contributed by atoms with Crippen LogP contribution in [0, 0.1) is 6.92 Å². The van der Waals surface area contributed by atoms with Crippen molar-refractivity contribution in [3.63, 3.8) is 0 Å². The summed E-state index contributed by atoms with van der Waals surface area (Å²) in [6.07, 6.45) is 0.962. The number of carbonyl (C=O) groups is 1. The van der Waals surface area contributed by atoms with Crippen molar-refractivity contribution in [1.29, 1.82) is 0 Å². The molecule has 5 heteroatoms. The maximum atomic E-state index is 12.1. The van der Waals surface area contributed by atoms with E-state index < -0.39 is 0 Å². The average Bonchev–Trinajstić information content (AvgIpc) is 2.72. The summed E-state index contributed by atoms with van der Waals surface area (Å²) in [4.78, 5) is 17.0. The summed E-state index contributed by atoms with van der Waals surface area (Å²) < 4.78 is 0. The molecule has 0 aliphatic carbocycles. The van der Waals surface area contributed by atoms with Crippen molar-refractivity contribution in [3.8, 4) is 0 Å². The molecule has 2 amide bonds. The summed E-state index contributed by atoms with van der Waals surface area (Å²) in [5.41, 5.74) is 3.74. The molecule has 1 aliphatic rings. The van der Waals surface area contributed by atoms with Crippen molar-refractivity contribution in [3.05, 3.63) is 65.7 Å². The summed E-state index contributed by atoms with van der Waals surface area (Å²) in [5, 5.41) is 5.97. The van der Waals surface area contributed by atoms with Crippen LogP contribution in [0.15, 0.2) is 54.6 Å². The molecule has 1 heterocycles. The van der Waals surface area contributed by atoms with Gasteiger partial charge in [-0.25, -0.2) is 4.79 Å². The highest BCUT2D eigenvalue weighted by molar-refractivity contribution is 5.74. The highest BCUT2D eigenvalue weighted by Gasteiger charge is 2.18. The molecule has 150 valence electrons. The molecule has 0 spiro atoms. The van der Waals surface area contributed by atoms with Crippen molar-refractivity contribution in [2.75, 3.05) is 37.6 Å². The normalized spacial score (nSPS) is 15.9. The molecule has 0 unspecified atom stereocenters. The zero-order valence-corrected chi connectivity index (χ0v) is 17.0. The number of carbonyl (C=O) groups excluding carboxylic acids is 1.